The van der Waals surface area contributed by atoms with Crippen LogP contribution in [0.4, 0.5) is 0 Å². The Morgan fingerprint density at radius 2 is 1.70 bits per heavy atom. The molecule has 0 bridgehead atoms. The molecule has 0 unspecified atom stereocenters. The minimum Gasteiger partial charge on any atom is -0.504 e. The molecule has 4 heteroatoms. The SMILES string of the molecule is OC[C@@H](Cc1ccccc1)NCc1cccc(O)c1O. The number of aliphatic hydroxyl groups is 1. The van der Waals surface area contributed by atoms with Crippen LogP contribution in [0.3, 0.4) is 0 Å². The van der Waals surface area contributed by atoms with E-state index in [1.54, 1.807) is 12.1 Å². The van der Waals surface area contributed by atoms with Gasteiger partial charge in [0.1, 0.15) is 0 Å². The molecule has 2 rings (SSSR count). The Morgan fingerprint density at radius 3 is 2.40 bits per heavy atom. The first-order valence-corrected chi connectivity index (χ1v) is 6.58. The first-order chi connectivity index (χ1) is 9.70. The maximum atomic E-state index is 9.72. The Morgan fingerprint density at radius 1 is 0.950 bits per heavy atom. The average Bonchev–Trinajstić information content (AvgIpc) is 2.48. The van der Waals surface area contributed by atoms with Gasteiger partial charge in [0.2, 0.25) is 0 Å². The van der Waals surface area contributed by atoms with Crippen LogP contribution in [-0.2, 0) is 13.0 Å². The van der Waals surface area contributed by atoms with Gasteiger partial charge in [-0.05, 0) is 18.1 Å². The maximum Gasteiger partial charge on any atom is 0.161 e. The number of aliphatic hydroxyl groups excluding tert-OH is 1. The van der Waals surface area contributed by atoms with Gasteiger partial charge in [-0.25, -0.2) is 0 Å². The lowest BCUT2D eigenvalue weighted by molar-refractivity contribution is 0.240. The molecule has 0 aliphatic rings. The van der Waals surface area contributed by atoms with E-state index >= 15 is 0 Å². The molecule has 4 nitrogen and oxygen atoms in total. The molecule has 0 aliphatic carbocycles. The second-order valence-corrected chi connectivity index (χ2v) is 4.73. The highest BCUT2D eigenvalue weighted by atomic mass is 16.3. The van der Waals surface area contributed by atoms with Gasteiger partial charge in [-0.1, -0.05) is 42.5 Å². The Kier molecular flexibility index (Phi) is 4.98. The van der Waals surface area contributed by atoms with Crippen molar-refractivity contribution in [1.29, 1.82) is 0 Å². The van der Waals surface area contributed by atoms with Crippen molar-refractivity contribution >= 4 is 0 Å². The zero-order valence-corrected chi connectivity index (χ0v) is 11.2. The van der Waals surface area contributed by atoms with Crippen LogP contribution in [0.25, 0.3) is 0 Å². The normalized spacial score (nSPS) is 12.2. The van der Waals surface area contributed by atoms with Gasteiger partial charge in [0.25, 0.3) is 0 Å². The molecule has 0 saturated heterocycles. The zero-order valence-electron chi connectivity index (χ0n) is 11.2. The van der Waals surface area contributed by atoms with Crippen molar-refractivity contribution in [3.8, 4) is 11.5 Å². The maximum absolute atomic E-state index is 9.72. The van der Waals surface area contributed by atoms with E-state index in [0.717, 1.165) is 5.56 Å². The van der Waals surface area contributed by atoms with Crippen molar-refractivity contribution in [3.63, 3.8) is 0 Å². The fourth-order valence-electron chi connectivity index (χ4n) is 2.07. The predicted octanol–water partition coefficient (Wildman–Crippen LogP) is 1.79. The van der Waals surface area contributed by atoms with Crippen molar-refractivity contribution in [2.45, 2.75) is 19.0 Å². The Hall–Kier alpha value is -2.04. The van der Waals surface area contributed by atoms with E-state index in [4.69, 9.17) is 0 Å². The summed E-state index contributed by atoms with van der Waals surface area (Å²) in [6, 6.07) is 14.7. The minimum absolute atomic E-state index is 0.00840. The van der Waals surface area contributed by atoms with E-state index in [2.05, 4.69) is 5.32 Å². The fourth-order valence-corrected chi connectivity index (χ4v) is 2.07. The van der Waals surface area contributed by atoms with Crippen LogP contribution < -0.4 is 5.32 Å². The third-order valence-electron chi connectivity index (χ3n) is 3.22. The highest BCUT2D eigenvalue weighted by Gasteiger charge is 2.10. The Bertz CT molecular complexity index is 543. The van der Waals surface area contributed by atoms with Crippen LogP contribution in [0.15, 0.2) is 48.5 Å². The summed E-state index contributed by atoms with van der Waals surface area (Å²) in [5.41, 5.74) is 1.75. The van der Waals surface area contributed by atoms with Gasteiger partial charge in [-0.3, -0.25) is 0 Å². The molecule has 4 N–H and O–H groups in total. The summed E-state index contributed by atoms with van der Waals surface area (Å²) >= 11 is 0. The highest BCUT2D eigenvalue weighted by molar-refractivity contribution is 5.44. The number of benzene rings is 2. The molecule has 0 aromatic heterocycles. The van der Waals surface area contributed by atoms with Crippen molar-refractivity contribution in [1.82, 2.24) is 5.32 Å². The Balaban J connectivity index is 1.95. The largest absolute Gasteiger partial charge is 0.504 e. The molecule has 20 heavy (non-hydrogen) atoms. The number of rotatable bonds is 6. The summed E-state index contributed by atoms with van der Waals surface area (Å²) in [7, 11) is 0. The molecule has 0 fully saturated rings. The number of hydrogen-bond acceptors (Lipinski definition) is 4. The number of hydrogen-bond donors (Lipinski definition) is 4. The van der Waals surface area contributed by atoms with Gasteiger partial charge in [0.15, 0.2) is 11.5 Å². The molecule has 0 spiro atoms. The highest BCUT2D eigenvalue weighted by Crippen LogP contribution is 2.27. The standard InChI is InChI=1S/C16H19NO3/c18-11-14(9-12-5-2-1-3-6-12)17-10-13-7-4-8-15(19)16(13)20/h1-8,14,17-20H,9-11H2/t14-/m1/s1. The molecule has 0 saturated carbocycles. The van der Waals surface area contributed by atoms with Gasteiger partial charge in [-0.15, -0.1) is 0 Å². The summed E-state index contributed by atoms with van der Waals surface area (Å²) in [5.74, 6) is -0.246. The molecule has 2 aromatic rings. The summed E-state index contributed by atoms with van der Waals surface area (Å²) in [4.78, 5) is 0. The smallest absolute Gasteiger partial charge is 0.161 e. The van der Waals surface area contributed by atoms with Crippen molar-refractivity contribution in [3.05, 3.63) is 59.7 Å². The lowest BCUT2D eigenvalue weighted by Crippen LogP contribution is -2.34. The first kappa shape index (κ1) is 14.4. The quantitative estimate of drug-likeness (QED) is 0.606. The van der Waals surface area contributed by atoms with E-state index < -0.39 is 0 Å². The molecule has 2 aromatic carbocycles. The number of phenols is 2. The lowest BCUT2D eigenvalue weighted by atomic mass is 10.1. The number of nitrogens with one attached hydrogen (secondary N) is 1. The predicted molar refractivity (Wildman–Crippen MR) is 77.6 cm³/mol. The van der Waals surface area contributed by atoms with E-state index in [1.165, 1.54) is 6.07 Å². The average molecular weight is 273 g/mol. The number of aromatic hydroxyl groups is 2. The molecular formula is C16H19NO3. The lowest BCUT2D eigenvalue weighted by Gasteiger charge is -2.17. The second-order valence-electron chi connectivity index (χ2n) is 4.73. The van der Waals surface area contributed by atoms with E-state index in [9.17, 15) is 15.3 Å². The molecule has 0 heterocycles. The zero-order chi connectivity index (χ0) is 14.4. The fraction of sp³-hybridized carbons (Fsp3) is 0.250. The monoisotopic (exact) mass is 273 g/mol. The van der Waals surface area contributed by atoms with Crippen LogP contribution in [0.2, 0.25) is 0 Å². The van der Waals surface area contributed by atoms with Crippen LogP contribution >= 0.6 is 0 Å². The molecule has 0 aliphatic heterocycles. The van der Waals surface area contributed by atoms with Gasteiger partial charge < -0.3 is 20.6 Å². The van der Waals surface area contributed by atoms with Crippen molar-refractivity contribution in [2.24, 2.45) is 0 Å². The number of phenolic OH excluding ortho intramolecular Hbond substituents is 2. The molecule has 1 atom stereocenters. The van der Waals surface area contributed by atoms with Crippen LogP contribution in [0.5, 0.6) is 11.5 Å². The van der Waals surface area contributed by atoms with Crippen molar-refractivity contribution < 1.29 is 15.3 Å². The van der Waals surface area contributed by atoms with E-state index in [1.807, 2.05) is 30.3 Å². The topological polar surface area (TPSA) is 72.7 Å². The summed E-state index contributed by atoms with van der Waals surface area (Å²) in [5, 5.41) is 31.7. The van der Waals surface area contributed by atoms with E-state index in [0.29, 0.717) is 18.5 Å². The van der Waals surface area contributed by atoms with Crippen LogP contribution in [0, 0.1) is 0 Å². The minimum atomic E-state index is -0.132. The summed E-state index contributed by atoms with van der Waals surface area (Å²) in [6.45, 7) is 0.396. The first-order valence-electron chi connectivity index (χ1n) is 6.58. The summed E-state index contributed by atoms with van der Waals surface area (Å²) < 4.78 is 0. The summed E-state index contributed by atoms with van der Waals surface area (Å²) in [6.07, 6.45) is 0.705. The van der Waals surface area contributed by atoms with E-state index in [-0.39, 0.29) is 24.1 Å². The molecule has 0 amide bonds. The Labute approximate surface area is 118 Å². The van der Waals surface area contributed by atoms with Gasteiger partial charge in [0, 0.05) is 18.2 Å². The third-order valence-corrected chi connectivity index (χ3v) is 3.22. The van der Waals surface area contributed by atoms with Gasteiger partial charge >= 0.3 is 0 Å². The third kappa shape index (κ3) is 3.73. The second kappa shape index (κ2) is 6.93. The molecular weight excluding hydrogens is 254 g/mol. The van der Waals surface area contributed by atoms with Gasteiger partial charge in [0.05, 0.1) is 6.61 Å². The van der Waals surface area contributed by atoms with Crippen LogP contribution in [0.1, 0.15) is 11.1 Å². The molecule has 106 valence electrons. The van der Waals surface area contributed by atoms with Crippen molar-refractivity contribution in [2.75, 3.05) is 6.61 Å². The van der Waals surface area contributed by atoms with Gasteiger partial charge in [-0.2, -0.15) is 0 Å². The molecule has 0 radical (unpaired) electrons. The van der Waals surface area contributed by atoms with Crippen LogP contribution in [-0.4, -0.2) is 28.0 Å². The number of para-hydroxylation sites is 1.